The summed E-state index contributed by atoms with van der Waals surface area (Å²) in [4.78, 5) is 15.6. The first-order valence-corrected chi connectivity index (χ1v) is 7.40. The van der Waals surface area contributed by atoms with E-state index in [1.54, 1.807) is 12.1 Å². The Morgan fingerprint density at radius 2 is 1.82 bits per heavy atom. The van der Waals surface area contributed by atoms with Gasteiger partial charge in [0.05, 0.1) is 11.3 Å². The minimum atomic E-state index is -0.891. The maximum Gasteiger partial charge on any atom is 0.335 e. The van der Waals surface area contributed by atoms with Crippen LogP contribution in [-0.4, -0.2) is 16.8 Å². The Hall–Kier alpha value is -2.42. The zero-order valence-electron chi connectivity index (χ0n) is 13.1. The van der Waals surface area contributed by atoms with Crippen molar-refractivity contribution in [3.8, 4) is 0 Å². The van der Waals surface area contributed by atoms with E-state index in [0.717, 1.165) is 23.4 Å². The largest absolute Gasteiger partial charge is 0.478 e. The Kier molecular flexibility index (Phi) is 3.36. The predicted octanol–water partition coefficient (Wildman–Crippen LogP) is 4.36. The highest BCUT2D eigenvalue weighted by Crippen LogP contribution is 2.42. The van der Waals surface area contributed by atoms with E-state index in [9.17, 15) is 4.79 Å². The minimum Gasteiger partial charge on any atom is -0.478 e. The highest BCUT2D eigenvalue weighted by Gasteiger charge is 2.34. The summed E-state index contributed by atoms with van der Waals surface area (Å²) in [5.74, 6) is -0.891. The van der Waals surface area contributed by atoms with Crippen molar-refractivity contribution in [1.29, 1.82) is 0 Å². The summed E-state index contributed by atoms with van der Waals surface area (Å²) < 4.78 is 0. The monoisotopic (exact) mass is 293 g/mol. The third kappa shape index (κ3) is 2.33. The SMILES string of the molecule is CC1=Nc2cccc(Cc3ccc(C(=O)O)cc3)c2C1(C)C. The molecule has 0 bridgehead atoms. The average Bonchev–Trinajstić information content (AvgIpc) is 2.70. The Labute approximate surface area is 130 Å². The van der Waals surface area contributed by atoms with Gasteiger partial charge in [0, 0.05) is 11.1 Å². The molecule has 1 heterocycles. The van der Waals surface area contributed by atoms with Gasteiger partial charge in [0.2, 0.25) is 0 Å². The normalized spacial score (nSPS) is 15.3. The lowest BCUT2D eigenvalue weighted by atomic mass is 9.78. The van der Waals surface area contributed by atoms with Crippen molar-refractivity contribution in [3.63, 3.8) is 0 Å². The van der Waals surface area contributed by atoms with E-state index in [1.165, 1.54) is 11.1 Å². The number of rotatable bonds is 3. The van der Waals surface area contributed by atoms with Crippen LogP contribution in [-0.2, 0) is 11.8 Å². The summed E-state index contributed by atoms with van der Waals surface area (Å²) in [6.07, 6.45) is 0.787. The number of hydrogen-bond acceptors (Lipinski definition) is 2. The number of carboxylic acids is 1. The maximum absolute atomic E-state index is 10.9. The molecule has 0 radical (unpaired) electrons. The van der Waals surface area contributed by atoms with Crippen LogP contribution in [0, 0.1) is 0 Å². The second kappa shape index (κ2) is 5.09. The van der Waals surface area contributed by atoms with Gasteiger partial charge >= 0.3 is 5.97 Å². The van der Waals surface area contributed by atoms with Crippen LogP contribution in [0.25, 0.3) is 0 Å². The van der Waals surface area contributed by atoms with Crippen LogP contribution >= 0.6 is 0 Å². The van der Waals surface area contributed by atoms with E-state index in [-0.39, 0.29) is 5.41 Å². The number of aromatic carboxylic acids is 1. The van der Waals surface area contributed by atoms with E-state index in [1.807, 2.05) is 18.2 Å². The Bertz CT molecular complexity index is 771. The summed E-state index contributed by atoms with van der Waals surface area (Å²) in [6, 6.07) is 13.3. The van der Waals surface area contributed by atoms with Gasteiger partial charge < -0.3 is 5.11 Å². The van der Waals surface area contributed by atoms with Gasteiger partial charge in [-0.3, -0.25) is 4.99 Å². The van der Waals surface area contributed by atoms with Gasteiger partial charge in [0.15, 0.2) is 0 Å². The third-order valence-electron chi connectivity index (χ3n) is 4.54. The molecule has 1 aliphatic rings. The molecule has 2 aromatic carbocycles. The molecule has 0 saturated heterocycles. The summed E-state index contributed by atoms with van der Waals surface area (Å²) in [5, 5.41) is 8.97. The topological polar surface area (TPSA) is 49.7 Å². The molecular formula is C19H19NO2. The molecule has 3 heteroatoms. The summed E-state index contributed by atoms with van der Waals surface area (Å²) in [5.41, 5.74) is 6.12. The number of carbonyl (C=O) groups is 1. The number of hydrogen-bond donors (Lipinski definition) is 1. The molecule has 0 saturated carbocycles. The predicted molar refractivity (Wildman–Crippen MR) is 88.4 cm³/mol. The summed E-state index contributed by atoms with van der Waals surface area (Å²) in [7, 11) is 0. The summed E-state index contributed by atoms with van der Waals surface area (Å²) >= 11 is 0. The fraction of sp³-hybridized carbons (Fsp3) is 0.263. The number of aliphatic imine (C=N–C) groups is 1. The Morgan fingerprint density at radius 3 is 2.45 bits per heavy atom. The van der Waals surface area contributed by atoms with Gasteiger partial charge in [-0.05, 0) is 48.2 Å². The molecule has 1 aliphatic heterocycles. The van der Waals surface area contributed by atoms with Crippen molar-refractivity contribution in [2.75, 3.05) is 0 Å². The first kappa shape index (κ1) is 14.5. The lowest BCUT2D eigenvalue weighted by Crippen LogP contribution is -2.24. The number of carboxylic acid groups (broad SMARTS) is 1. The van der Waals surface area contributed by atoms with Gasteiger partial charge in [-0.2, -0.15) is 0 Å². The molecule has 1 N–H and O–H groups in total. The molecule has 112 valence electrons. The lowest BCUT2D eigenvalue weighted by Gasteiger charge is -2.23. The molecule has 0 fully saturated rings. The highest BCUT2D eigenvalue weighted by atomic mass is 16.4. The van der Waals surface area contributed by atoms with Gasteiger partial charge in [-0.25, -0.2) is 4.79 Å². The van der Waals surface area contributed by atoms with Crippen LogP contribution in [0.1, 0.15) is 47.8 Å². The molecule has 2 aromatic rings. The second-order valence-electron chi connectivity index (χ2n) is 6.31. The van der Waals surface area contributed by atoms with Crippen molar-refractivity contribution in [2.45, 2.75) is 32.6 Å². The molecule has 0 aliphatic carbocycles. The van der Waals surface area contributed by atoms with E-state index in [2.05, 4.69) is 37.9 Å². The first-order chi connectivity index (χ1) is 10.4. The van der Waals surface area contributed by atoms with Gasteiger partial charge in [-0.15, -0.1) is 0 Å². The fourth-order valence-corrected chi connectivity index (χ4v) is 3.04. The van der Waals surface area contributed by atoms with E-state index in [0.29, 0.717) is 5.56 Å². The van der Waals surface area contributed by atoms with Gasteiger partial charge in [-0.1, -0.05) is 38.1 Å². The van der Waals surface area contributed by atoms with Crippen LogP contribution in [0.15, 0.2) is 47.5 Å². The van der Waals surface area contributed by atoms with Crippen LogP contribution in [0.4, 0.5) is 5.69 Å². The number of nitrogens with zero attached hydrogens (tertiary/aromatic N) is 1. The zero-order valence-corrected chi connectivity index (χ0v) is 13.1. The van der Waals surface area contributed by atoms with Crippen molar-refractivity contribution in [2.24, 2.45) is 4.99 Å². The molecule has 0 atom stereocenters. The van der Waals surface area contributed by atoms with E-state index >= 15 is 0 Å². The third-order valence-corrected chi connectivity index (χ3v) is 4.54. The molecular weight excluding hydrogens is 274 g/mol. The Morgan fingerprint density at radius 1 is 1.14 bits per heavy atom. The van der Waals surface area contributed by atoms with Crippen molar-refractivity contribution in [3.05, 3.63) is 64.7 Å². The quantitative estimate of drug-likeness (QED) is 0.914. The van der Waals surface area contributed by atoms with Crippen molar-refractivity contribution in [1.82, 2.24) is 0 Å². The van der Waals surface area contributed by atoms with Gasteiger partial charge in [0.1, 0.15) is 0 Å². The number of fused-ring (bicyclic) bond motifs is 1. The minimum absolute atomic E-state index is 0.0487. The number of benzene rings is 2. The molecule has 0 aromatic heterocycles. The molecule has 22 heavy (non-hydrogen) atoms. The molecule has 0 amide bonds. The molecule has 3 nitrogen and oxygen atoms in total. The van der Waals surface area contributed by atoms with E-state index < -0.39 is 5.97 Å². The van der Waals surface area contributed by atoms with Crippen LogP contribution in [0.5, 0.6) is 0 Å². The van der Waals surface area contributed by atoms with E-state index in [4.69, 9.17) is 5.11 Å². The van der Waals surface area contributed by atoms with Crippen molar-refractivity contribution >= 4 is 17.4 Å². The van der Waals surface area contributed by atoms with Crippen LogP contribution < -0.4 is 0 Å². The molecule has 0 unspecified atom stereocenters. The summed E-state index contributed by atoms with van der Waals surface area (Å²) in [6.45, 7) is 6.48. The fourth-order valence-electron chi connectivity index (χ4n) is 3.04. The standard InChI is InChI=1S/C19H19NO2/c1-12-19(2,3)17-15(5-4-6-16(17)20-12)11-13-7-9-14(10-8-13)18(21)22/h4-10H,11H2,1-3H3,(H,21,22). The zero-order chi connectivity index (χ0) is 15.9. The highest BCUT2D eigenvalue weighted by molar-refractivity contribution is 6.00. The first-order valence-electron chi connectivity index (χ1n) is 7.40. The Balaban J connectivity index is 1.96. The lowest BCUT2D eigenvalue weighted by molar-refractivity contribution is 0.0697. The van der Waals surface area contributed by atoms with Gasteiger partial charge in [0.25, 0.3) is 0 Å². The van der Waals surface area contributed by atoms with Crippen LogP contribution in [0.2, 0.25) is 0 Å². The molecule has 0 spiro atoms. The smallest absolute Gasteiger partial charge is 0.335 e. The average molecular weight is 293 g/mol. The molecule has 3 rings (SSSR count). The van der Waals surface area contributed by atoms with Crippen LogP contribution in [0.3, 0.4) is 0 Å². The van der Waals surface area contributed by atoms with Crippen molar-refractivity contribution < 1.29 is 9.90 Å². The second-order valence-corrected chi connectivity index (χ2v) is 6.31. The maximum atomic E-state index is 10.9.